The molecule has 92 valence electrons. The molecule has 0 spiro atoms. The van der Waals surface area contributed by atoms with Gasteiger partial charge in [0.05, 0.1) is 10.6 Å². The van der Waals surface area contributed by atoms with Gasteiger partial charge in [0.2, 0.25) is 0 Å². The summed E-state index contributed by atoms with van der Waals surface area (Å²) in [5.74, 6) is -1.48. The van der Waals surface area contributed by atoms with Gasteiger partial charge in [-0.15, -0.1) is 0 Å². The first-order chi connectivity index (χ1) is 8.58. The van der Waals surface area contributed by atoms with Gasteiger partial charge in [-0.3, -0.25) is 4.79 Å². The summed E-state index contributed by atoms with van der Waals surface area (Å²) in [5, 5.41) is -0.0834. The topological polar surface area (TPSA) is 17.1 Å². The Morgan fingerprint density at radius 2 is 1.72 bits per heavy atom. The largest absolute Gasteiger partial charge is 0.294 e. The molecule has 0 saturated heterocycles. The third kappa shape index (κ3) is 2.74. The fraction of sp³-hybridized carbons (Fsp3) is 0.0714. The molecular formula is C14H9ClF2O. The molecule has 0 aliphatic heterocycles. The predicted molar refractivity (Wildman–Crippen MR) is 65.8 cm³/mol. The molecule has 0 fully saturated rings. The molecule has 2 aromatic carbocycles. The van der Waals surface area contributed by atoms with Crippen LogP contribution in [-0.4, -0.2) is 5.78 Å². The maximum atomic E-state index is 13.6. The van der Waals surface area contributed by atoms with Gasteiger partial charge in [-0.05, 0) is 29.8 Å². The van der Waals surface area contributed by atoms with E-state index >= 15 is 0 Å². The van der Waals surface area contributed by atoms with E-state index in [2.05, 4.69) is 0 Å². The molecule has 4 heteroatoms. The zero-order chi connectivity index (χ0) is 13.1. The van der Waals surface area contributed by atoms with Gasteiger partial charge in [0, 0.05) is 6.42 Å². The molecule has 0 N–H and O–H groups in total. The normalized spacial score (nSPS) is 10.4. The average Bonchev–Trinajstić information content (AvgIpc) is 2.35. The molecule has 2 rings (SSSR count). The highest BCUT2D eigenvalue weighted by atomic mass is 35.5. The summed E-state index contributed by atoms with van der Waals surface area (Å²) in [5.41, 5.74) is 0.576. The molecule has 0 unspecified atom stereocenters. The summed E-state index contributed by atoms with van der Waals surface area (Å²) >= 11 is 5.60. The molecule has 0 aliphatic carbocycles. The Morgan fingerprint density at radius 3 is 2.39 bits per heavy atom. The molecule has 0 bridgehead atoms. The smallest absolute Gasteiger partial charge is 0.170 e. The Labute approximate surface area is 108 Å². The number of rotatable bonds is 3. The summed E-state index contributed by atoms with van der Waals surface area (Å²) in [6, 6.07) is 9.79. The van der Waals surface area contributed by atoms with E-state index in [-0.39, 0.29) is 28.6 Å². The van der Waals surface area contributed by atoms with Crippen molar-refractivity contribution in [2.75, 3.05) is 0 Å². The molecule has 1 nitrogen and oxygen atoms in total. The van der Waals surface area contributed by atoms with E-state index in [9.17, 15) is 13.6 Å². The minimum atomic E-state index is -0.716. The van der Waals surface area contributed by atoms with Crippen molar-refractivity contribution in [2.24, 2.45) is 0 Å². The number of Topliss-reactive ketones (excluding diaryl/α,β-unsaturated/α-hetero) is 1. The molecule has 0 atom stereocenters. The number of carbonyl (C=O) groups is 1. The Morgan fingerprint density at radius 1 is 1.06 bits per heavy atom. The molecule has 0 heterocycles. The summed E-state index contributed by atoms with van der Waals surface area (Å²) < 4.78 is 26.3. The van der Waals surface area contributed by atoms with Crippen LogP contribution in [0.2, 0.25) is 5.02 Å². The van der Waals surface area contributed by atoms with Crippen molar-refractivity contribution in [3.8, 4) is 0 Å². The second kappa shape index (κ2) is 5.27. The summed E-state index contributed by atoms with van der Waals surface area (Å²) in [6.45, 7) is 0. The second-order valence-corrected chi connectivity index (χ2v) is 4.23. The number of benzene rings is 2. The minimum Gasteiger partial charge on any atom is -0.294 e. The maximum absolute atomic E-state index is 13.6. The fourth-order valence-corrected chi connectivity index (χ4v) is 1.78. The molecule has 0 aromatic heterocycles. The lowest BCUT2D eigenvalue weighted by Gasteiger charge is -2.04. The van der Waals surface area contributed by atoms with E-state index in [1.165, 1.54) is 42.5 Å². The van der Waals surface area contributed by atoms with Gasteiger partial charge in [0.1, 0.15) is 5.82 Å². The van der Waals surface area contributed by atoms with E-state index < -0.39 is 5.82 Å². The van der Waals surface area contributed by atoms with Crippen LogP contribution >= 0.6 is 11.6 Å². The number of carbonyl (C=O) groups excluding carboxylic acids is 1. The molecule has 0 aliphatic rings. The molecule has 2 aromatic rings. The van der Waals surface area contributed by atoms with E-state index in [1.54, 1.807) is 0 Å². The first-order valence-corrected chi connectivity index (χ1v) is 5.67. The maximum Gasteiger partial charge on any atom is 0.170 e. The Hall–Kier alpha value is -1.74. The molecule has 18 heavy (non-hydrogen) atoms. The van der Waals surface area contributed by atoms with E-state index in [0.29, 0.717) is 5.56 Å². The van der Waals surface area contributed by atoms with Gasteiger partial charge in [-0.2, -0.15) is 0 Å². The van der Waals surface area contributed by atoms with E-state index in [0.717, 1.165) is 0 Å². The predicted octanol–water partition coefficient (Wildman–Crippen LogP) is 4.04. The van der Waals surface area contributed by atoms with Gasteiger partial charge < -0.3 is 0 Å². The van der Waals surface area contributed by atoms with E-state index in [1.807, 2.05) is 0 Å². The average molecular weight is 267 g/mol. The highest BCUT2D eigenvalue weighted by Gasteiger charge is 2.14. The molecule has 0 saturated carbocycles. The van der Waals surface area contributed by atoms with Crippen LogP contribution in [0.3, 0.4) is 0 Å². The summed E-state index contributed by atoms with van der Waals surface area (Å²) in [4.78, 5) is 11.9. The number of hydrogen-bond acceptors (Lipinski definition) is 1. The lowest BCUT2D eigenvalue weighted by atomic mass is 10.0. The van der Waals surface area contributed by atoms with Crippen LogP contribution in [-0.2, 0) is 6.42 Å². The highest BCUT2D eigenvalue weighted by Crippen LogP contribution is 2.19. The molecule has 0 radical (unpaired) electrons. The van der Waals surface area contributed by atoms with Gasteiger partial charge >= 0.3 is 0 Å². The summed E-state index contributed by atoms with van der Waals surface area (Å²) in [6.07, 6.45) is 0.0115. The third-order valence-corrected chi connectivity index (χ3v) is 2.82. The Balaban J connectivity index is 2.22. The second-order valence-electron chi connectivity index (χ2n) is 3.83. The fourth-order valence-electron chi connectivity index (χ4n) is 1.60. The van der Waals surface area contributed by atoms with Crippen molar-refractivity contribution < 1.29 is 13.6 Å². The highest BCUT2D eigenvalue weighted by molar-refractivity contribution is 6.31. The Bertz CT molecular complexity index is 579. The van der Waals surface area contributed by atoms with Crippen LogP contribution in [0.15, 0.2) is 42.5 Å². The van der Waals surface area contributed by atoms with Gasteiger partial charge in [0.25, 0.3) is 0 Å². The van der Waals surface area contributed by atoms with Crippen LogP contribution in [0.4, 0.5) is 8.78 Å². The zero-order valence-electron chi connectivity index (χ0n) is 9.29. The first-order valence-electron chi connectivity index (χ1n) is 5.29. The zero-order valence-corrected chi connectivity index (χ0v) is 10.0. The third-order valence-electron chi connectivity index (χ3n) is 2.53. The van der Waals surface area contributed by atoms with Crippen molar-refractivity contribution in [1.82, 2.24) is 0 Å². The van der Waals surface area contributed by atoms with Crippen LogP contribution in [0.25, 0.3) is 0 Å². The standard InChI is InChI=1S/C14H9ClF2O/c15-12-3-1-2-11(14(12)17)13(18)8-9-4-6-10(16)7-5-9/h1-7H,8H2. The van der Waals surface area contributed by atoms with Gasteiger partial charge in [-0.25, -0.2) is 8.78 Å². The van der Waals surface area contributed by atoms with Crippen molar-refractivity contribution in [3.05, 3.63) is 70.2 Å². The number of ketones is 1. The van der Waals surface area contributed by atoms with Crippen LogP contribution < -0.4 is 0 Å². The Kier molecular flexibility index (Phi) is 3.72. The van der Waals surface area contributed by atoms with Crippen LogP contribution in [0, 0.1) is 11.6 Å². The van der Waals surface area contributed by atoms with E-state index in [4.69, 9.17) is 11.6 Å². The lowest BCUT2D eigenvalue weighted by molar-refractivity contribution is 0.0989. The molecule has 0 amide bonds. The summed E-state index contributed by atoms with van der Waals surface area (Å²) in [7, 11) is 0. The number of hydrogen-bond donors (Lipinski definition) is 0. The quantitative estimate of drug-likeness (QED) is 0.766. The number of halogens is 3. The molecular weight excluding hydrogens is 258 g/mol. The monoisotopic (exact) mass is 266 g/mol. The first kappa shape index (κ1) is 12.7. The SMILES string of the molecule is O=C(Cc1ccc(F)cc1)c1cccc(Cl)c1F. The van der Waals surface area contributed by atoms with Crippen molar-refractivity contribution in [3.63, 3.8) is 0 Å². The van der Waals surface area contributed by atoms with Gasteiger partial charge in [-0.1, -0.05) is 29.8 Å². The van der Waals surface area contributed by atoms with Crippen molar-refractivity contribution in [1.29, 1.82) is 0 Å². The van der Waals surface area contributed by atoms with Crippen LogP contribution in [0.1, 0.15) is 15.9 Å². The van der Waals surface area contributed by atoms with Gasteiger partial charge in [0.15, 0.2) is 11.6 Å². The van der Waals surface area contributed by atoms with Crippen molar-refractivity contribution >= 4 is 17.4 Å². The van der Waals surface area contributed by atoms with Crippen LogP contribution in [0.5, 0.6) is 0 Å². The minimum absolute atomic E-state index is 0.0115. The lowest BCUT2D eigenvalue weighted by Crippen LogP contribution is -2.06. The van der Waals surface area contributed by atoms with Crippen molar-refractivity contribution in [2.45, 2.75) is 6.42 Å².